The smallest absolute Gasteiger partial charge is 0.125 e. The summed E-state index contributed by atoms with van der Waals surface area (Å²) < 4.78 is 32.2. The molecule has 70 valence electrons. The van der Waals surface area contributed by atoms with E-state index in [1.165, 1.54) is 12.1 Å². The van der Waals surface area contributed by atoms with Crippen molar-refractivity contribution in [3.63, 3.8) is 0 Å². The van der Waals surface area contributed by atoms with Crippen molar-refractivity contribution in [3.05, 3.63) is 35.9 Å². The second-order valence-corrected chi connectivity index (χ2v) is 4.05. The quantitative estimate of drug-likeness (QED) is 0.676. The summed E-state index contributed by atoms with van der Waals surface area (Å²) in [7, 11) is -4.38. The molecule has 0 saturated carbocycles. The first-order chi connectivity index (χ1) is 5.95. The predicted octanol–water partition coefficient (Wildman–Crippen LogP) is 1.54. The Kier molecular flexibility index (Phi) is 2.54. The Bertz CT molecular complexity index is 432. The standard InChI is InChI=1S/C9H10O3S/c1-3-8-6-7(2)4-5-9(8)13(10,11)12/h3-6H,1H2,2H3,(H,10,11,12)/p-1. The molecule has 0 heterocycles. The van der Waals surface area contributed by atoms with Crippen LogP contribution in [-0.2, 0) is 10.1 Å². The van der Waals surface area contributed by atoms with Gasteiger partial charge in [-0.05, 0) is 18.6 Å². The van der Waals surface area contributed by atoms with Gasteiger partial charge in [-0.3, -0.25) is 0 Å². The van der Waals surface area contributed by atoms with Crippen LogP contribution in [0.3, 0.4) is 0 Å². The average molecular weight is 197 g/mol. The average Bonchev–Trinajstić information content (AvgIpc) is 2.01. The minimum absolute atomic E-state index is 0.215. The molecule has 1 aromatic rings. The lowest BCUT2D eigenvalue weighted by molar-refractivity contribution is 0.463. The Balaban J connectivity index is 3.47. The Morgan fingerprint density at radius 3 is 2.54 bits per heavy atom. The topological polar surface area (TPSA) is 57.2 Å². The van der Waals surface area contributed by atoms with E-state index in [-0.39, 0.29) is 4.90 Å². The molecule has 0 atom stereocenters. The maximum absolute atomic E-state index is 10.7. The third-order valence-electron chi connectivity index (χ3n) is 1.65. The number of hydrogen-bond acceptors (Lipinski definition) is 3. The van der Waals surface area contributed by atoms with Crippen LogP contribution in [0, 0.1) is 6.92 Å². The fraction of sp³-hybridized carbons (Fsp3) is 0.111. The van der Waals surface area contributed by atoms with E-state index in [1.807, 2.05) is 6.92 Å². The van der Waals surface area contributed by atoms with Crippen molar-refractivity contribution >= 4 is 16.2 Å². The Hall–Kier alpha value is -1.13. The summed E-state index contributed by atoms with van der Waals surface area (Å²) in [6.45, 7) is 5.26. The molecule has 0 amide bonds. The molecule has 0 aliphatic heterocycles. The highest BCUT2D eigenvalue weighted by atomic mass is 32.2. The molecule has 0 aliphatic carbocycles. The Morgan fingerprint density at radius 1 is 1.46 bits per heavy atom. The molecule has 1 aromatic carbocycles. The zero-order valence-electron chi connectivity index (χ0n) is 7.15. The SMILES string of the molecule is C=Cc1cc(C)ccc1S(=O)(=O)[O-]. The van der Waals surface area contributed by atoms with Gasteiger partial charge in [-0.1, -0.05) is 30.4 Å². The Morgan fingerprint density at radius 2 is 2.08 bits per heavy atom. The van der Waals surface area contributed by atoms with E-state index >= 15 is 0 Å². The van der Waals surface area contributed by atoms with Crippen molar-refractivity contribution < 1.29 is 13.0 Å². The molecule has 0 N–H and O–H groups in total. The van der Waals surface area contributed by atoms with Gasteiger partial charge in [0, 0.05) is 0 Å². The third kappa shape index (κ3) is 2.17. The highest BCUT2D eigenvalue weighted by Gasteiger charge is 2.05. The molecule has 0 aromatic heterocycles. The summed E-state index contributed by atoms with van der Waals surface area (Å²) in [5, 5.41) is 0. The maximum Gasteiger partial charge on any atom is 0.125 e. The minimum atomic E-state index is -4.38. The highest BCUT2D eigenvalue weighted by molar-refractivity contribution is 7.85. The van der Waals surface area contributed by atoms with E-state index < -0.39 is 10.1 Å². The maximum atomic E-state index is 10.7. The van der Waals surface area contributed by atoms with Crippen molar-refractivity contribution in [2.24, 2.45) is 0 Å². The van der Waals surface area contributed by atoms with Gasteiger partial charge in [0.1, 0.15) is 10.1 Å². The molecule has 0 spiro atoms. The summed E-state index contributed by atoms with van der Waals surface area (Å²) in [6, 6.07) is 4.49. The number of rotatable bonds is 2. The summed E-state index contributed by atoms with van der Waals surface area (Å²) in [5.74, 6) is 0. The monoisotopic (exact) mass is 197 g/mol. The van der Waals surface area contributed by atoms with E-state index in [4.69, 9.17) is 0 Å². The summed E-state index contributed by atoms with van der Waals surface area (Å²) >= 11 is 0. The van der Waals surface area contributed by atoms with Crippen molar-refractivity contribution in [2.75, 3.05) is 0 Å². The lowest BCUT2D eigenvalue weighted by Crippen LogP contribution is -2.01. The van der Waals surface area contributed by atoms with Gasteiger partial charge in [0.25, 0.3) is 0 Å². The summed E-state index contributed by atoms with van der Waals surface area (Å²) in [6.07, 6.45) is 1.36. The van der Waals surface area contributed by atoms with Crippen LogP contribution < -0.4 is 0 Å². The number of benzene rings is 1. The van der Waals surface area contributed by atoms with Crippen molar-refractivity contribution in [2.45, 2.75) is 11.8 Å². The first-order valence-corrected chi connectivity index (χ1v) is 5.05. The summed E-state index contributed by atoms with van der Waals surface area (Å²) in [4.78, 5) is -0.215. The molecular weight excluding hydrogens is 188 g/mol. The van der Waals surface area contributed by atoms with Gasteiger partial charge in [-0.2, -0.15) is 0 Å². The second-order valence-electron chi connectivity index (χ2n) is 2.70. The molecule has 0 radical (unpaired) electrons. The normalized spacial score (nSPS) is 11.2. The number of aryl methyl sites for hydroxylation is 1. The van der Waals surface area contributed by atoms with Crippen LogP contribution in [0.2, 0.25) is 0 Å². The van der Waals surface area contributed by atoms with Crippen molar-refractivity contribution in [1.82, 2.24) is 0 Å². The molecule has 0 saturated heterocycles. The lowest BCUT2D eigenvalue weighted by Gasteiger charge is -2.10. The fourth-order valence-corrected chi connectivity index (χ4v) is 1.72. The first-order valence-electron chi connectivity index (χ1n) is 3.64. The minimum Gasteiger partial charge on any atom is -0.744 e. The lowest BCUT2D eigenvalue weighted by atomic mass is 10.1. The molecule has 13 heavy (non-hydrogen) atoms. The molecular formula is C9H9O3S-. The molecule has 0 fully saturated rings. The van der Waals surface area contributed by atoms with E-state index in [0.717, 1.165) is 5.56 Å². The van der Waals surface area contributed by atoms with Crippen molar-refractivity contribution in [3.8, 4) is 0 Å². The van der Waals surface area contributed by atoms with Crippen LogP contribution in [0.5, 0.6) is 0 Å². The molecule has 4 heteroatoms. The van der Waals surface area contributed by atoms with Gasteiger partial charge >= 0.3 is 0 Å². The molecule has 0 aliphatic rings. The van der Waals surface area contributed by atoms with Gasteiger partial charge in [0.2, 0.25) is 0 Å². The van der Waals surface area contributed by atoms with Crippen LogP contribution in [0.1, 0.15) is 11.1 Å². The molecule has 1 rings (SSSR count). The molecule has 3 nitrogen and oxygen atoms in total. The van der Waals surface area contributed by atoms with Crippen molar-refractivity contribution in [1.29, 1.82) is 0 Å². The zero-order valence-corrected chi connectivity index (χ0v) is 7.97. The van der Waals surface area contributed by atoms with Gasteiger partial charge in [0.05, 0.1) is 4.90 Å². The number of hydrogen-bond donors (Lipinski definition) is 0. The van der Waals surface area contributed by atoms with Crippen LogP contribution in [0.15, 0.2) is 29.7 Å². The van der Waals surface area contributed by atoms with Crippen LogP contribution in [-0.4, -0.2) is 13.0 Å². The van der Waals surface area contributed by atoms with E-state index in [0.29, 0.717) is 5.56 Å². The van der Waals surface area contributed by atoms with Crippen LogP contribution >= 0.6 is 0 Å². The molecule has 0 bridgehead atoms. The van der Waals surface area contributed by atoms with E-state index in [1.54, 1.807) is 12.1 Å². The first kappa shape index (κ1) is 9.95. The van der Waals surface area contributed by atoms with E-state index in [9.17, 15) is 13.0 Å². The third-order valence-corrected chi connectivity index (χ3v) is 2.57. The zero-order chi connectivity index (χ0) is 10.1. The second kappa shape index (κ2) is 3.32. The van der Waals surface area contributed by atoms with Gasteiger partial charge in [-0.15, -0.1) is 0 Å². The van der Waals surface area contributed by atoms with Gasteiger partial charge < -0.3 is 4.55 Å². The Labute approximate surface area is 77.5 Å². The predicted molar refractivity (Wildman–Crippen MR) is 49.2 cm³/mol. The molecule has 0 unspecified atom stereocenters. The largest absolute Gasteiger partial charge is 0.744 e. The van der Waals surface area contributed by atoms with Crippen LogP contribution in [0.4, 0.5) is 0 Å². The van der Waals surface area contributed by atoms with Gasteiger partial charge in [-0.25, -0.2) is 8.42 Å². The fourth-order valence-electron chi connectivity index (χ4n) is 1.06. The summed E-state index contributed by atoms with van der Waals surface area (Å²) in [5.41, 5.74) is 1.25. The van der Waals surface area contributed by atoms with Crippen LogP contribution in [0.25, 0.3) is 6.08 Å². The van der Waals surface area contributed by atoms with Gasteiger partial charge in [0.15, 0.2) is 0 Å². The van der Waals surface area contributed by atoms with E-state index in [2.05, 4.69) is 6.58 Å². The highest BCUT2D eigenvalue weighted by Crippen LogP contribution is 2.17.